The van der Waals surface area contributed by atoms with Crippen LogP contribution in [0.2, 0.25) is 0 Å². The maximum Gasteiger partial charge on any atom is 0.328 e. The van der Waals surface area contributed by atoms with E-state index in [2.05, 4.69) is 0 Å². The summed E-state index contributed by atoms with van der Waals surface area (Å²) in [5.74, 6) is -1.48. The van der Waals surface area contributed by atoms with Crippen LogP contribution in [0, 0.1) is 5.82 Å². The van der Waals surface area contributed by atoms with Crippen molar-refractivity contribution in [2.75, 3.05) is 33.4 Å². The highest BCUT2D eigenvalue weighted by molar-refractivity contribution is 5.85. The summed E-state index contributed by atoms with van der Waals surface area (Å²) >= 11 is 0. The number of nitrogens with zero attached hydrogens (tertiary/aromatic N) is 1. The Hall–Kier alpha value is -1.76. The molecule has 0 saturated carbocycles. The lowest BCUT2D eigenvalue weighted by atomic mass is 10.1. The van der Waals surface area contributed by atoms with Gasteiger partial charge in [-0.05, 0) is 17.7 Å². The summed E-state index contributed by atoms with van der Waals surface area (Å²) in [5.41, 5.74) is 0.983. The largest absolute Gasteiger partial charge is 0.478 e. The molecule has 0 aliphatic rings. The van der Waals surface area contributed by atoms with Crippen LogP contribution in [0.15, 0.2) is 24.3 Å². The number of benzene rings is 1. The molecule has 0 saturated heterocycles. The first kappa shape index (κ1) is 17.3. The number of rotatable bonds is 9. The molecular weight excluding hydrogens is 277 g/mol. The average Bonchev–Trinajstić information content (AvgIpc) is 2.45. The molecule has 0 unspecified atom stereocenters. The molecule has 0 heterocycles. The standard InChI is InChI=1S/C15H20FNO4/c1-21-9-7-17(6-8-18)11-13-4-2-12(10-14(13)16)3-5-15(19)20/h2-5,10,18H,6-9,11H2,1H3,(H,19,20)/b5-3+. The van der Waals surface area contributed by atoms with Crippen LogP contribution in [0.3, 0.4) is 0 Å². The van der Waals surface area contributed by atoms with Crippen LogP contribution < -0.4 is 0 Å². The third-order valence-corrected chi connectivity index (χ3v) is 2.92. The van der Waals surface area contributed by atoms with E-state index in [-0.39, 0.29) is 6.61 Å². The number of aliphatic carboxylic acids is 1. The van der Waals surface area contributed by atoms with Crippen molar-refractivity contribution in [1.82, 2.24) is 4.90 Å². The number of hydrogen-bond donors (Lipinski definition) is 2. The van der Waals surface area contributed by atoms with E-state index in [0.29, 0.717) is 37.4 Å². The normalized spacial score (nSPS) is 11.4. The molecule has 0 aromatic heterocycles. The lowest BCUT2D eigenvalue weighted by Gasteiger charge is -2.21. The summed E-state index contributed by atoms with van der Waals surface area (Å²) in [4.78, 5) is 12.3. The zero-order chi connectivity index (χ0) is 15.7. The minimum absolute atomic E-state index is 0.00916. The highest BCUT2D eigenvalue weighted by atomic mass is 19.1. The molecule has 1 aromatic carbocycles. The first-order valence-corrected chi connectivity index (χ1v) is 6.58. The Morgan fingerprint density at radius 3 is 2.76 bits per heavy atom. The molecule has 1 aromatic rings. The van der Waals surface area contributed by atoms with Gasteiger partial charge in [0.2, 0.25) is 0 Å². The first-order valence-electron chi connectivity index (χ1n) is 6.58. The van der Waals surface area contributed by atoms with Crippen LogP contribution in [0.25, 0.3) is 6.08 Å². The third-order valence-electron chi connectivity index (χ3n) is 2.92. The Balaban J connectivity index is 2.75. The van der Waals surface area contributed by atoms with Crippen molar-refractivity contribution >= 4 is 12.0 Å². The van der Waals surface area contributed by atoms with Gasteiger partial charge in [-0.15, -0.1) is 0 Å². The Morgan fingerprint density at radius 1 is 1.43 bits per heavy atom. The van der Waals surface area contributed by atoms with Crippen molar-refractivity contribution in [3.8, 4) is 0 Å². The Kier molecular flexibility index (Phi) is 7.60. The molecule has 1 rings (SSSR count). The van der Waals surface area contributed by atoms with Crippen molar-refractivity contribution in [3.63, 3.8) is 0 Å². The molecule has 0 atom stereocenters. The van der Waals surface area contributed by atoms with Gasteiger partial charge in [0, 0.05) is 38.4 Å². The number of halogens is 1. The molecule has 21 heavy (non-hydrogen) atoms. The van der Waals surface area contributed by atoms with Gasteiger partial charge in [0.1, 0.15) is 5.82 Å². The Labute approximate surface area is 123 Å². The number of hydrogen-bond acceptors (Lipinski definition) is 4. The molecule has 0 spiro atoms. The van der Waals surface area contributed by atoms with Crippen LogP contribution in [-0.4, -0.2) is 54.5 Å². The zero-order valence-corrected chi connectivity index (χ0v) is 12.0. The summed E-state index contributed by atoms with van der Waals surface area (Å²) < 4.78 is 19.0. The minimum Gasteiger partial charge on any atom is -0.478 e. The molecular formula is C15H20FNO4. The fourth-order valence-electron chi connectivity index (χ4n) is 1.84. The van der Waals surface area contributed by atoms with Crippen molar-refractivity contribution in [1.29, 1.82) is 0 Å². The van der Waals surface area contributed by atoms with Gasteiger partial charge in [-0.1, -0.05) is 12.1 Å². The maximum absolute atomic E-state index is 14.0. The van der Waals surface area contributed by atoms with Gasteiger partial charge in [0.25, 0.3) is 0 Å². The molecule has 0 radical (unpaired) electrons. The molecule has 5 nitrogen and oxygen atoms in total. The van der Waals surface area contributed by atoms with E-state index < -0.39 is 11.8 Å². The zero-order valence-electron chi connectivity index (χ0n) is 12.0. The number of carboxylic acids is 1. The Morgan fingerprint density at radius 2 is 2.19 bits per heavy atom. The van der Waals surface area contributed by atoms with Gasteiger partial charge in [0.15, 0.2) is 0 Å². The number of ether oxygens (including phenoxy) is 1. The molecule has 0 amide bonds. The smallest absolute Gasteiger partial charge is 0.328 e. The van der Waals surface area contributed by atoms with Crippen molar-refractivity contribution < 1.29 is 24.1 Å². The summed E-state index contributed by atoms with van der Waals surface area (Å²) in [6.07, 6.45) is 2.30. The van der Waals surface area contributed by atoms with E-state index in [0.717, 1.165) is 6.08 Å². The second-order valence-electron chi connectivity index (χ2n) is 4.51. The van der Waals surface area contributed by atoms with E-state index >= 15 is 0 Å². The molecule has 0 bridgehead atoms. The van der Waals surface area contributed by atoms with Gasteiger partial charge in [0.05, 0.1) is 13.2 Å². The summed E-state index contributed by atoms with van der Waals surface area (Å²) in [6, 6.07) is 4.57. The van der Waals surface area contributed by atoms with Crippen molar-refractivity contribution in [3.05, 3.63) is 41.2 Å². The molecule has 6 heteroatoms. The van der Waals surface area contributed by atoms with E-state index in [1.165, 1.54) is 12.1 Å². The fraction of sp³-hybridized carbons (Fsp3) is 0.400. The van der Waals surface area contributed by atoms with Crippen LogP contribution >= 0.6 is 0 Å². The Bertz CT molecular complexity index is 491. The summed E-state index contributed by atoms with van der Waals surface area (Å²) in [5, 5.41) is 17.5. The monoisotopic (exact) mass is 297 g/mol. The summed E-state index contributed by atoms with van der Waals surface area (Å²) in [6.45, 7) is 1.88. The third kappa shape index (κ3) is 6.48. The average molecular weight is 297 g/mol. The maximum atomic E-state index is 14.0. The summed E-state index contributed by atoms with van der Waals surface area (Å²) in [7, 11) is 1.58. The second kappa shape index (κ2) is 9.23. The van der Waals surface area contributed by atoms with Gasteiger partial charge in [-0.2, -0.15) is 0 Å². The number of methoxy groups -OCH3 is 1. The highest BCUT2D eigenvalue weighted by Crippen LogP contribution is 2.14. The SMILES string of the molecule is COCCN(CCO)Cc1ccc(/C=C/C(=O)O)cc1F. The number of aliphatic hydroxyl groups excluding tert-OH is 1. The molecule has 0 fully saturated rings. The second-order valence-corrected chi connectivity index (χ2v) is 4.51. The van der Waals surface area contributed by atoms with Crippen molar-refractivity contribution in [2.24, 2.45) is 0 Å². The molecule has 116 valence electrons. The van der Waals surface area contributed by atoms with Gasteiger partial charge in [-0.25, -0.2) is 9.18 Å². The fourth-order valence-corrected chi connectivity index (χ4v) is 1.84. The number of carboxylic acid groups (broad SMARTS) is 1. The van der Waals surface area contributed by atoms with Crippen LogP contribution in [0.4, 0.5) is 4.39 Å². The van der Waals surface area contributed by atoms with Crippen LogP contribution in [0.1, 0.15) is 11.1 Å². The minimum atomic E-state index is -1.08. The van der Waals surface area contributed by atoms with E-state index in [4.69, 9.17) is 14.9 Å². The quantitative estimate of drug-likeness (QED) is 0.674. The van der Waals surface area contributed by atoms with Gasteiger partial charge in [-0.3, -0.25) is 4.90 Å². The molecule has 0 aliphatic heterocycles. The van der Waals surface area contributed by atoms with Crippen LogP contribution in [-0.2, 0) is 16.1 Å². The first-order chi connectivity index (χ1) is 10.1. The molecule has 2 N–H and O–H groups in total. The lowest BCUT2D eigenvalue weighted by Crippen LogP contribution is -2.30. The predicted octanol–water partition coefficient (Wildman–Crippen LogP) is 1.36. The predicted molar refractivity (Wildman–Crippen MR) is 77.3 cm³/mol. The highest BCUT2D eigenvalue weighted by Gasteiger charge is 2.09. The molecule has 0 aliphatic carbocycles. The van der Waals surface area contributed by atoms with Crippen molar-refractivity contribution in [2.45, 2.75) is 6.54 Å². The van der Waals surface area contributed by atoms with E-state index in [9.17, 15) is 9.18 Å². The van der Waals surface area contributed by atoms with E-state index in [1.807, 2.05) is 4.90 Å². The number of carbonyl (C=O) groups is 1. The topological polar surface area (TPSA) is 70.0 Å². The van der Waals surface area contributed by atoms with Crippen LogP contribution in [0.5, 0.6) is 0 Å². The van der Waals surface area contributed by atoms with Gasteiger partial charge < -0.3 is 14.9 Å². The van der Waals surface area contributed by atoms with Gasteiger partial charge >= 0.3 is 5.97 Å². The van der Waals surface area contributed by atoms with E-state index in [1.54, 1.807) is 19.2 Å². The lowest BCUT2D eigenvalue weighted by molar-refractivity contribution is -0.131. The number of aliphatic hydroxyl groups is 1.